The van der Waals surface area contributed by atoms with Gasteiger partial charge >= 0.3 is 0 Å². The molecule has 0 saturated heterocycles. The van der Waals surface area contributed by atoms with E-state index in [4.69, 9.17) is 0 Å². The van der Waals surface area contributed by atoms with Gasteiger partial charge in [0.1, 0.15) is 5.82 Å². The van der Waals surface area contributed by atoms with E-state index in [0.717, 1.165) is 23.7 Å². The quantitative estimate of drug-likeness (QED) is 0.881. The molecule has 17 heavy (non-hydrogen) atoms. The first-order valence-electron chi connectivity index (χ1n) is 5.65. The van der Waals surface area contributed by atoms with Gasteiger partial charge in [-0.25, -0.2) is 4.98 Å². The molecule has 0 bridgehead atoms. The average molecular weight is 298 g/mol. The number of fused-ring (bicyclic) bond motifs is 1. The average Bonchev–Trinajstić information content (AvgIpc) is 2.61. The van der Waals surface area contributed by atoms with Crippen LogP contribution in [0.25, 0.3) is 5.65 Å². The number of aryl methyl sites for hydroxylation is 1. The maximum atomic E-state index is 4.32. The number of hydrogen-bond donors (Lipinski definition) is 1. The molecule has 5 nitrogen and oxygen atoms in total. The van der Waals surface area contributed by atoms with Gasteiger partial charge in [0.2, 0.25) is 5.65 Å². The Morgan fingerprint density at radius 1 is 1.41 bits per heavy atom. The predicted octanol–water partition coefficient (Wildman–Crippen LogP) is 2.41. The Bertz CT molecular complexity index is 508. The molecular weight excluding hydrogens is 282 g/mol. The van der Waals surface area contributed by atoms with Crippen LogP contribution in [-0.4, -0.2) is 30.5 Å². The SMILES string of the molecule is Cc1nnc2c(NC(C)CC(C)Br)nccn12. The molecule has 2 unspecified atom stereocenters. The zero-order chi connectivity index (χ0) is 12.4. The molecule has 0 amide bonds. The highest BCUT2D eigenvalue weighted by atomic mass is 79.9. The molecule has 1 N–H and O–H groups in total. The number of hydrogen-bond acceptors (Lipinski definition) is 4. The summed E-state index contributed by atoms with van der Waals surface area (Å²) in [5, 5.41) is 11.5. The third-order valence-electron chi connectivity index (χ3n) is 2.56. The van der Waals surface area contributed by atoms with E-state index in [1.54, 1.807) is 6.20 Å². The monoisotopic (exact) mass is 297 g/mol. The summed E-state index contributed by atoms with van der Waals surface area (Å²) >= 11 is 3.55. The van der Waals surface area contributed by atoms with Crippen molar-refractivity contribution in [3.8, 4) is 0 Å². The van der Waals surface area contributed by atoms with Crippen LogP contribution >= 0.6 is 15.9 Å². The minimum absolute atomic E-state index is 0.333. The minimum atomic E-state index is 0.333. The Kier molecular flexibility index (Phi) is 3.61. The van der Waals surface area contributed by atoms with Crippen molar-refractivity contribution in [3.05, 3.63) is 18.2 Å². The molecule has 2 aromatic heterocycles. The number of alkyl halides is 1. The lowest BCUT2D eigenvalue weighted by Crippen LogP contribution is -2.19. The molecule has 0 fully saturated rings. The van der Waals surface area contributed by atoms with E-state index in [0.29, 0.717) is 10.9 Å². The molecule has 0 aromatic carbocycles. The van der Waals surface area contributed by atoms with Crippen LogP contribution in [0.15, 0.2) is 12.4 Å². The molecule has 0 radical (unpaired) electrons. The standard InChI is InChI=1S/C11H16BrN5/c1-7(12)6-8(2)14-10-11-16-15-9(3)17(11)5-4-13-10/h4-5,7-8H,6H2,1-3H3,(H,13,14). The van der Waals surface area contributed by atoms with Crippen molar-refractivity contribution in [1.29, 1.82) is 0 Å². The van der Waals surface area contributed by atoms with Crippen molar-refractivity contribution in [1.82, 2.24) is 19.6 Å². The van der Waals surface area contributed by atoms with Gasteiger partial charge in [-0.15, -0.1) is 10.2 Å². The Morgan fingerprint density at radius 3 is 2.88 bits per heavy atom. The summed E-state index contributed by atoms with van der Waals surface area (Å²) in [5.41, 5.74) is 0.777. The third-order valence-corrected chi connectivity index (χ3v) is 2.93. The molecule has 0 aliphatic rings. The van der Waals surface area contributed by atoms with Crippen LogP contribution in [0.5, 0.6) is 0 Å². The van der Waals surface area contributed by atoms with Gasteiger partial charge < -0.3 is 5.32 Å². The first-order valence-corrected chi connectivity index (χ1v) is 6.56. The topological polar surface area (TPSA) is 55.1 Å². The zero-order valence-electron chi connectivity index (χ0n) is 10.2. The lowest BCUT2D eigenvalue weighted by atomic mass is 10.2. The molecule has 92 valence electrons. The van der Waals surface area contributed by atoms with Crippen molar-refractivity contribution >= 4 is 27.4 Å². The van der Waals surface area contributed by atoms with Crippen molar-refractivity contribution in [3.63, 3.8) is 0 Å². The van der Waals surface area contributed by atoms with Crippen LogP contribution < -0.4 is 5.32 Å². The molecule has 2 heterocycles. The summed E-state index contributed by atoms with van der Waals surface area (Å²) in [6.45, 7) is 6.19. The summed E-state index contributed by atoms with van der Waals surface area (Å²) in [5.74, 6) is 1.65. The first-order chi connectivity index (χ1) is 8.08. The molecule has 0 saturated carbocycles. The number of rotatable bonds is 4. The largest absolute Gasteiger partial charge is 0.364 e. The van der Waals surface area contributed by atoms with Gasteiger partial charge in [-0.3, -0.25) is 4.40 Å². The fourth-order valence-corrected chi connectivity index (χ4v) is 2.38. The summed E-state index contributed by atoms with van der Waals surface area (Å²) in [7, 11) is 0. The van der Waals surface area contributed by atoms with E-state index in [2.05, 4.69) is 50.3 Å². The predicted molar refractivity (Wildman–Crippen MR) is 71.6 cm³/mol. The number of halogens is 1. The summed E-state index contributed by atoms with van der Waals surface area (Å²) in [6, 6.07) is 0.333. The summed E-state index contributed by atoms with van der Waals surface area (Å²) < 4.78 is 1.93. The van der Waals surface area contributed by atoms with Gasteiger partial charge in [0, 0.05) is 23.3 Å². The highest BCUT2D eigenvalue weighted by molar-refractivity contribution is 9.09. The van der Waals surface area contributed by atoms with Gasteiger partial charge in [-0.05, 0) is 20.3 Å². The summed E-state index contributed by atoms with van der Waals surface area (Å²) in [6.07, 6.45) is 4.65. The molecule has 0 aliphatic heterocycles. The van der Waals surface area contributed by atoms with Crippen molar-refractivity contribution in [2.24, 2.45) is 0 Å². The molecule has 2 aromatic rings. The molecule has 0 spiro atoms. The van der Waals surface area contributed by atoms with Crippen LogP contribution in [0.1, 0.15) is 26.1 Å². The van der Waals surface area contributed by atoms with Crippen LogP contribution in [0.2, 0.25) is 0 Å². The highest BCUT2D eigenvalue weighted by Crippen LogP contribution is 2.15. The Hall–Kier alpha value is -1.17. The normalized spacial score (nSPS) is 14.8. The van der Waals surface area contributed by atoms with Gasteiger partial charge in [-0.1, -0.05) is 22.9 Å². The smallest absolute Gasteiger partial charge is 0.203 e. The second-order valence-corrected chi connectivity index (χ2v) is 5.84. The Labute approximate surface area is 109 Å². The molecule has 6 heteroatoms. The number of nitrogens with one attached hydrogen (secondary N) is 1. The fourth-order valence-electron chi connectivity index (χ4n) is 1.82. The zero-order valence-corrected chi connectivity index (χ0v) is 11.8. The van der Waals surface area contributed by atoms with E-state index >= 15 is 0 Å². The van der Waals surface area contributed by atoms with Gasteiger partial charge in [0.25, 0.3) is 0 Å². The first kappa shape index (κ1) is 12.3. The maximum Gasteiger partial charge on any atom is 0.203 e. The molecule has 2 atom stereocenters. The molecular formula is C11H16BrN5. The van der Waals surface area contributed by atoms with Crippen molar-refractivity contribution < 1.29 is 0 Å². The van der Waals surface area contributed by atoms with E-state index in [9.17, 15) is 0 Å². The number of aromatic nitrogens is 4. The van der Waals surface area contributed by atoms with Gasteiger partial charge in [0.05, 0.1) is 0 Å². The van der Waals surface area contributed by atoms with Crippen LogP contribution in [0.4, 0.5) is 5.82 Å². The molecule has 0 aliphatic carbocycles. The van der Waals surface area contributed by atoms with Crippen molar-refractivity contribution in [2.45, 2.75) is 38.1 Å². The van der Waals surface area contributed by atoms with Crippen molar-refractivity contribution in [2.75, 3.05) is 5.32 Å². The maximum absolute atomic E-state index is 4.32. The second kappa shape index (κ2) is 5.00. The van der Waals surface area contributed by atoms with Crippen LogP contribution in [0.3, 0.4) is 0 Å². The van der Waals surface area contributed by atoms with Gasteiger partial charge in [0.15, 0.2) is 5.82 Å². The Morgan fingerprint density at radius 2 is 2.18 bits per heavy atom. The summed E-state index contributed by atoms with van der Waals surface area (Å²) in [4.78, 5) is 4.79. The van der Waals surface area contributed by atoms with E-state index in [1.165, 1.54) is 0 Å². The van der Waals surface area contributed by atoms with E-state index in [-0.39, 0.29) is 0 Å². The number of nitrogens with zero attached hydrogens (tertiary/aromatic N) is 4. The van der Waals surface area contributed by atoms with E-state index in [1.807, 2.05) is 17.5 Å². The lowest BCUT2D eigenvalue weighted by molar-refractivity contribution is 0.705. The van der Waals surface area contributed by atoms with E-state index < -0.39 is 0 Å². The number of anilines is 1. The van der Waals surface area contributed by atoms with Gasteiger partial charge in [-0.2, -0.15) is 0 Å². The van der Waals surface area contributed by atoms with Crippen LogP contribution in [-0.2, 0) is 0 Å². The third kappa shape index (κ3) is 2.74. The Balaban J connectivity index is 2.24. The highest BCUT2D eigenvalue weighted by Gasteiger charge is 2.11. The molecule has 2 rings (SSSR count). The lowest BCUT2D eigenvalue weighted by Gasteiger charge is -2.15. The van der Waals surface area contributed by atoms with Crippen LogP contribution in [0, 0.1) is 6.92 Å². The second-order valence-electron chi connectivity index (χ2n) is 4.28. The minimum Gasteiger partial charge on any atom is -0.364 e. The fraction of sp³-hybridized carbons (Fsp3) is 0.545.